The number of aliphatic imine (C=N–C) groups is 1. The molecule has 0 aliphatic carbocycles. The predicted molar refractivity (Wildman–Crippen MR) is 195 cm³/mol. The molecule has 0 fully saturated rings. The van der Waals surface area contributed by atoms with Gasteiger partial charge in [-0.3, -0.25) is 0 Å². The van der Waals surface area contributed by atoms with Crippen LogP contribution >= 0.6 is 0 Å². The highest BCUT2D eigenvalue weighted by atomic mass is 16.5. The number of methoxy groups -OCH3 is 2. The summed E-state index contributed by atoms with van der Waals surface area (Å²) in [7, 11) is 3.41. The third-order valence-corrected chi connectivity index (χ3v) is 8.74. The fourth-order valence-electron chi connectivity index (χ4n) is 6.04. The van der Waals surface area contributed by atoms with Crippen molar-refractivity contribution in [3.05, 3.63) is 203 Å². The van der Waals surface area contributed by atoms with Crippen LogP contribution in [-0.2, 0) is 5.41 Å². The van der Waals surface area contributed by atoms with Crippen LogP contribution in [0, 0.1) is 0 Å². The van der Waals surface area contributed by atoms with Gasteiger partial charge in [0.25, 0.3) is 0 Å². The van der Waals surface area contributed by atoms with Gasteiger partial charge in [-0.25, -0.2) is 4.99 Å². The smallest absolute Gasteiger partial charge is 0.127 e. The fourth-order valence-corrected chi connectivity index (χ4v) is 6.04. The summed E-state index contributed by atoms with van der Waals surface area (Å²) in [4.78, 5) is 4.76. The Hall–Kier alpha value is -5.89. The van der Waals surface area contributed by atoms with E-state index in [0.717, 1.165) is 67.3 Å². The molecule has 0 aromatic heterocycles. The van der Waals surface area contributed by atoms with Crippen LogP contribution < -0.4 is 9.47 Å². The third kappa shape index (κ3) is 6.44. The summed E-state index contributed by atoms with van der Waals surface area (Å²) in [6.45, 7) is 6.77. The molecule has 3 heteroatoms. The van der Waals surface area contributed by atoms with Crippen LogP contribution in [0.1, 0.15) is 45.9 Å². The molecule has 0 radical (unpaired) electrons. The van der Waals surface area contributed by atoms with Gasteiger partial charge in [-0.15, -0.1) is 0 Å². The van der Waals surface area contributed by atoms with E-state index in [4.69, 9.17) is 14.5 Å². The van der Waals surface area contributed by atoms with Crippen molar-refractivity contribution in [2.75, 3.05) is 14.2 Å². The Kier molecular flexibility index (Phi) is 9.29. The Morgan fingerprint density at radius 3 is 1.57 bits per heavy atom. The van der Waals surface area contributed by atoms with Crippen LogP contribution in [0.4, 0.5) is 5.69 Å². The van der Waals surface area contributed by atoms with Crippen molar-refractivity contribution in [3.63, 3.8) is 0 Å². The summed E-state index contributed by atoms with van der Waals surface area (Å²) >= 11 is 0. The van der Waals surface area contributed by atoms with Crippen molar-refractivity contribution in [1.82, 2.24) is 0 Å². The van der Waals surface area contributed by atoms with E-state index in [1.807, 2.05) is 78.9 Å². The van der Waals surface area contributed by atoms with Crippen LogP contribution in [0.5, 0.6) is 11.5 Å². The van der Waals surface area contributed by atoms with Crippen molar-refractivity contribution in [2.45, 2.75) is 12.3 Å². The zero-order chi connectivity index (χ0) is 32.6. The van der Waals surface area contributed by atoms with Gasteiger partial charge in [-0.1, -0.05) is 128 Å². The average molecular weight is 612 g/mol. The van der Waals surface area contributed by atoms with Gasteiger partial charge in [0.2, 0.25) is 0 Å². The molecule has 1 unspecified atom stereocenters. The topological polar surface area (TPSA) is 30.8 Å². The maximum atomic E-state index is 5.98. The molecule has 0 aliphatic rings. The van der Waals surface area contributed by atoms with Gasteiger partial charge >= 0.3 is 0 Å². The number of hydrogen-bond donors (Lipinski definition) is 0. The van der Waals surface area contributed by atoms with Gasteiger partial charge in [0.05, 0.1) is 25.5 Å². The molecule has 0 saturated carbocycles. The van der Waals surface area contributed by atoms with E-state index in [1.54, 1.807) is 14.2 Å². The van der Waals surface area contributed by atoms with Gasteiger partial charge in [0.15, 0.2) is 0 Å². The van der Waals surface area contributed by atoms with E-state index >= 15 is 0 Å². The molecule has 0 N–H and O–H groups in total. The van der Waals surface area contributed by atoms with E-state index in [1.165, 1.54) is 0 Å². The molecular formula is C44H37NO2. The first kappa shape index (κ1) is 31.1. The van der Waals surface area contributed by atoms with Crippen molar-refractivity contribution in [2.24, 2.45) is 4.99 Å². The summed E-state index contributed by atoms with van der Waals surface area (Å²) in [5, 5.41) is 0. The Balaban J connectivity index is 1.59. The highest BCUT2D eigenvalue weighted by Gasteiger charge is 2.33. The first-order chi connectivity index (χ1) is 23.0. The molecule has 0 heterocycles. The lowest BCUT2D eigenvalue weighted by Gasteiger charge is -2.33. The minimum Gasteiger partial charge on any atom is -0.496 e. The van der Waals surface area contributed by atoms with Gasteiger partial charge in [-0.2, -0.15) is 0 Å². The van der Waals surface area contributed by atoms with Crippen molar-refractivity contribution in [1.29, 1.82) is 0 Å². The standard InChI is InChI=1S/C44H37NO2/c1-32(33-17-9-5-10-18-33)39-29-36(25-27-42(39)46-3)44(2,35-21-13-7-14-22-35)37-26-28-43(47-4)40(30-37)41(34-19-11-6-12-20-34)31-45-38-23-15-8-16-24-38/h5-30H,1H2,2-4H3. The van der Waals surface area contributed by atoms with Gasteiger partial charge in [0, 0.05) is 16.5 Å². The van der Waals surface area contributed by atoms with Gasteiger partial charge < -0.3 is 9.47 Å². The highest BCUT2D eigenvalue weighted by Crippen LogP contribution is 2.44. The minimum atomic E-state index is -0.557. The van der Waals surface area contributed by atoms with Crippen LogP contribution in [-0.4, -0.2) is 20.1 Å². The summed E-state index contributed by atoms with van der Waals surface area (Å²) in [6, 6.07) is 53.8. The Morgan fingerprint density at radius 2 is 1.02 bits per heavy atom. The zero-order valence-electron chi connectivity index (χ0n) is 27.0. The summed E-state index contributed by atoms with van der Waals surface area (Å²) in [5.74, 6) is 4.91. The molecule has 0 spiro atoms. The molecule has 47 heavy (non-hydrogen) atoms. The average Bonchev–Trinajstić information content (AvgIpc) is 3.15. The van der Waals surface area contributed by atoms with E-state index < -0.39 is 5.41 Å². The molecule has 3 nitrogen and oxygen atoms in total. The molecule has 230 valence electrons. The first-order valence-corrected chi connectivity index (χ1v) is 15.6. The zero-order valence-corrected chi connectivity index (χ0v) is 27.0. The second-order valence-corrected chi connectivity index (χ2v) is 11.5. The summed E-state index contributed by atoms with van der Waals surface area (Å²) in [5.41, 5.74) is 9.27. The van der Waals surface area contributed by atoms with Gasteiger partial charge in [-0.05, 0) is 82.6 Å². The number of benzene rings is 6. The highest BCUT2D eigenvalue weighted by molar-refractivity contribution is 6.01. The maximum absolute atomic E-state index is 5.98. The summed E-state index contributed by atoms with van der Waals surface area (Å²) in [6.07, 6.45) is 0. The summed E-state index contributed by atoms with van der Waals surface area (Å²) < 4.78 is 11.8. The molecule has 0 bridgehead atoms. The molecule has 6 rings (SSSR count). The minimum absolute atomic E-state index is 0.557. The Labute approximate surface area is 277 Å². The first-order valence-electron chi connectivity index (χ1n) is 15.6. The van der Waals surface area contributed by atoms with E-state index in [-0.39, 0.29) is 0 Å². The third-order valence-electron chi connectivity index (χ3n) is 8.74. The molecular weight excluding hydrogens is 574 g/mol. The monoisotopic (exact) mass is 611 g/mol. The van der Waals surface area contributed by atoms with Crippen LogP contribution in [0.15, 0.2) is 169 Å². The van der Waals surface area contributed by atoms with Gasteiger partial charge in [0.1, 0.15) is 11.5 Å². The SMILES string of the molecule is C=C(c1ccccc1)c1cc(C(C)(c2ccccc2)c2ccc(OC)c(C(=C=Nc3ccccc3)c3ccccc3)c2)ccc1OC. The van der Waals surface area contributed by atoms with Crippen molar-refractivity contribution in [3.8, 4) is 11.5 Å². The molecule has 0 amide bonds. The largest absolute Gasteiger partial charge is 0.496 e. The lowest BCUT2D eigenvalue weighted by atomic mass is 9.70. The second kappa shape index (κ2) is 14.0. The van der Waals surface area contributed by atoms with E-state index in [9.17, 15) is 0 Å². The van der Waals surface area contributed by atoms with Crippen molar-refractivity contribution >= 4 is 22.7 Å². The lowest BCUT2D eigenvalue weighted by molar-refractivity contribution is 0.413. The van der Waals surface area contributed by atoms with Crippen LogP contribution in [0.2, 0.25) is 0 Å². The number of para-hydroxylation sites is 1. The lowest BCUT2D eigenvalue weighted by Crippen LogP contribution is -2.26. The van der Waals surface area contributed by atoms with Crippen LogP contribution in [0.3, 0.4) is 0 Å². The Morgan fingerprint density at radius 1 is 0.553 bits per heavy atom. The Bertz CT molecular complexity index is 2050. The molecule has 1 atom stereocenters. The molecule has 0 saturated heterocycles. The molecule has 0 aliphatic heterocycles. The predicted octanol–water partition coefficient (Wildman–Crippen LogP) is 10.6. The maximum Gasteiger partial charge on any atom is 0.127 e. The van der Waals surface area contributed by atoms with Crippen molar-refractivity contribution < 1.29 is 9.47 Å². The fraction of sp³-hybridized carbons (Fsp3) is 0.0909. The molecule has 6 aromatic rings. The van der Waals surface area contributed by atoms with E-state index in [2.05, 4.69) is 98.2 Å². The van der Waals surface area contributed by atoms with E-state index in [0.29, 0.717) is 0 Å². The molecule has 6 aromatic carbocycles. The quantitative estimate of drug-likeness (QED) is 0.114. The number of nitrogens with zero attached hydrogens (tertiary/aromatic N) is 1. The second-order valence-electron chi connectivity index (χ2n) is 11.5. The number of hydrogen-bond acceptors (Lipinski definition) is 3. The number of rotatable bonds is 10. The number of ether oxygens (including phenoxy) is 2. The van der Waals surface area contributed by atoms with Crippen LogP contribution in [0.25, 0.3) is 11.1 Å². The normalized spacial score (nSPS) is 11.9.